The van der Waals surface area contributed by atoms with Crippen LogP contribution in [0.1, 0.15) is 36.5 Å². The van der Waals surface area contributed by atoms with Gasteiger partial charge < -0.3 is 15.0 Å². The van der Waals surface area contributed by atoms with E-state index >= 15 is 0 Å². The van der Waals surface area contributed by atoms with Gasteiger partial charge in [0, 0.05) is 0 Å². The fraction of sp³-hybridized carbons (Fsp3) is 0.500. The van der Waals surface area contributed by atoms with Gasteiger partial charge in [0.05, 0.1) is 30.9 Å². The van der Waals surface area contributed by atoms with E-state index in [1.165, 1.54) is 31.3 Å². The first kappa shape index (κ1) is 15.5. The molecule has 1 amide bonds. The number of methoxy groups -OCH3 is 1. The van der Waals surface area contributed by atoms with Crippen molar-refractivity contribution in [1.29, 1.82) is 0 Å². The molecular formula is C16H23N2O3+. The second-order valence-electron chi connectivity index (χ2n) is 5.57. The lowest BCUT2D eigenvalue weighted by molar-refractivity contribution is -0.920. The Morgan fingerprint density at radius 3 is 2.81 bits per heavy atom. The van der Waals surface area contributed by atoms with Crippen molar-refractivity contribution in [2.45, 2.75) is 32.2 Å². The minimum Gasteiger partial charge on any atom is -0.465 e. The van der Waals surface area contributed by atoms with Crippen molar-refractivity contribution in [2.75, 3.05) is 25.5 Å². The van der Waals surface area contributed by atoms with Gasteiger partial charge in [0.15, 0.2) is 6.54 Å². The predicted octanol–water partition coefficient (Wildman–Crippen LogP) is 0.869. The molecule has 1 heterocycles. The van der Waals surface area contributed by atoms with Gasteiger partial charge in [-0.15, -0.1) is 0 Å². The summed E-state index contributed by atoms with van der Waals surface area (Å²) in [6, 6.07) is 7.43. The second kappa shape index (κ2) is 7.22. The summed E-state index contributed by atoms with van der Waals surface area (Å²) in [6.07, 6.45) is 3.59. The summed E-state index contributed by atoms with van der Waals surface area (Å²) in [7, 11) is 1.33. The van der Waals surface area contributed by atoms with E-state index in [9.17, 15) is 9.59 Å². The Morgan fingerprint density at radius 1 is 1.33 bits per heavy atom. The van der Waals surface area contributed by atoms with E-state index in [1.54, 1.807) is 24.3 Å². The van der Waals surface area contributed by atoms with Gasteiger partial charge in [-0.25, -0.2) is 4.79 Å². The Balaban J connectivity index is 2.01. The van der Waals surface area contributed by atoms with E-state index in [0.29, 0.717) is 23.8 Å². The van der Waals surface area contributed by atoms with Crippen LogP contribution in [-0.2, 0) is 9.53 Å². The first-order valence-electron chi connectivity index (χ1n) is 7.43. The molecule has 1 aliphatic rings. The first-order chi connectivity index (χ1) is 10.1. The highest BCUT2D eigenvalue weighted by molar-refractivity contribution is 6.01. The Labute approximate surface area is 125 Å². The van der Waals surface area contributed by atoms with Crippen LogP contribution < -0.4 is 10.2 Å². The highest BCUT2D eigenvalue weighted by atomic mass is 16.5. The molecule has 2 rings (SSSR count). The number of carbonyl (C=O) groups is 2. The number of esters is 1. The SMILES string of the molecule is COC(=O)c1ccccc1NC(=O)C[NH+]1CCCC[C@H]1C. The molecule has 0 bridgehead atoms. The number of para-hydroxylation sites is 1. The van der Waals surface area contributed by atoms with Crippen LogP contribution in [0.15, 0.2) is 24.3 Å². The molecule has 2 atom stereocenters. The van der Waals surface area contributed by atoms with E-state index in [-0.39, 0.29) is 5.91 Å². The zero-order valence-corrected chi connectivity index (χ0v) is 12.6. The minimum absolute atomic E-state index is 0.0601. The average Bonchev–Trinajstić information content (AvgIpc) is 2.49. The largest absolute Gasteiger partial charge is 0.465 e. The Morgan fingerprint density at radius 2 is 2.10 bits per heavy atom. The van der Waals surface area contributed by atoms with Crippen LogP contribution in [0.4, 0.5) is 5.69 Å². The van der Waals surface area contributed by atoms with Crippen molar-refractivity contribution >= 4 is 17.6 Å². The molecule has 1 saturated heterocycles. The summed E-state index contributed by atoms with van der Waals surface area (Å²) >= 11 is 0. The molecule has 1 aromatic rings. The molecule has 2 N–H and O–H groups in total. The fourth-order valence-electron chi connectivity index (χ4n) is 2.80. The molecule has 1 unspecified atom stereocenters. The summed E-state index contributed by atoms with van der Waals surface area (Å²) in [5.74, 6) is -0.500. The molecule has 21 heavy (non-hydrogen) atoms. The number of amides is 1. The van der Waals surface area contributed by atoms with Crippen LogP contribution in [0, 0.1) is 0 Å². The van der Waals surface area contributed by atoms with E-state index in [2.05, 4.69) is 12.2 Å². The van der Waals surface area contributed by atoms with E-state index < -0.39 is 5.97 Å². The van der Waals surface area contributed by atoms with E-state index in [1.807, 2.05) is 0 Å². The van der Waals surface area contributed by atoms with Crippen LogP contribution in [-0.4, -0.2) is 38.1 Å². The molecular weight excluding hydrogens is 268 g/mol. The van der Waals surface area contributed by atoms with Crippen LogP contribution in [0.3, 0.4) is 0 Å². The lowest BCUT2D eigenvalue weighted by atomic mass is 10.0. The smallest absolute Gasteiger partial charge is 0.339 e. The lowest BCUT2D eigenvalue weighted by Gasteiger charge is -2.29. The molecule has 114 valence electrons. The van der Waals surface area contributed by atoms with Gasteiger partial charge >= 0.3 is 5.97 Å². The van der Waals surface area contributed by atoms with Crippen LogP contribution in [0.25, 0.3) is 0 Å². The Kier molecular flexibility index (Phi) is 5.33. The number of quaternary nitrogens is 1. The zero-order valence-electron chi connectivity index (χ0n) is 12.6. The number of carbonyl (C=O) groups excluding carboxylic acids is 2. The monoisotopic (exact) mass is 291 g/mol. The Hall–Kier alpha value is -1.88. The summed E-state index contributed by atoms with van der Waals surface area (Å²) in [5.41, 5.74) is 0.897. The van der Waals surface area contributed by atoms with Gasteiger partial charge in [-0.3, -0.25) is 4.79 Å². The van der Waals surface area contributed by atoms with Crippen LogP contribution >= 0.6 is 0 Å². The van der Waals surface area contributed by atoms with Crippen molar-refractivity contribution in [2.24, 2.45) is 0 Å². The third-order valence-electron chi connectivity index (χ3n) is 4.08. The molecule has 0 aromatic heterocycles. The van der Waals surface area contributed by atoms with Crippen molar-refractivity contribution < 1.29 is 19.2 Å². The van der Waals surface area contributed by atoms with Gasteiger partial charge in [0.2, 0.25) is 0 Å². The maximum Gasteiger partial charge on any atom is 0.339 e. The maximum atomic E-state index is 12.2. The van der Waals surface area contributed by atoms with Gasteiger partial charge in [0.25, 0.3) is 5.91 Å². The molecule has 0 spiro atoms. The summed E-state index contributed by atoms with van der Waals surface area (Å²) in [5, 5.41) is 2.83. The number of anilines is 1. The topological polar surface area (TPSA) is 59.8 Å². The molecule has 5 nitrogen and oxygen atoms in total. The highest BCUT2D eigenvalue weighted by Gasteiger charge is 2.24. The van der Waals surface area contributed by atoms with Crippen molar-refractivity contribution in [3.8, 4) is 0 Å². The first-order valence-corrected chi connectivity index (χ1v) is 7.43. The molecule has 0 saturated carbocycles. The third kappa shape index (κ3) is 4.04. The predicted molar refractivity (Wildman–Crippen MR) is 80.4 cm³/mol. The van der Waals surface area contributed by atoms with Gasteiger partial charge in [-0.1, -0.05) is 12.1 Å². The number of ether oxygens (including phenoxy) is 1. The standard InChI is InChI=1S/C16H22N2O3/c1-12-7-5-6-10-18(12)11-15(19)17-14-9-4-3-8-13(14)16(20)21-2/h3-4,8-9,12H,5-7,10-11H2,1-2H3,(H,17,19)/p+1/t12-/m1/s1. The molecule has 1 aromatic carbocycles. The second-order valence-corrected chi connectivity index (χ2v) is 5.57. The lowest BCUT2D eigenvalue weighted by Crippen LogP contribution is -3.17. The maximum absolute atomic E-state index is 12.2. The summed E-state index contributed by atoms with van der Waals surface area (Å²) < 4.78 is 4.73. The fourth-order valence-corrected chi connectivity index (χ4v) is 2.80. The van der Waals surface area contributed by atoms with Crippen molar-refractivity contribution in [3.63, 3.8) is 0 Å². The Bertz CT molecular complexity index is 516. The van der Waals surface area contributed by atoms with Crippen molar-refractivity contribution in [3.05, 3.63) is 29.8 Å². The number of hydrogen-bond donors (Lipinski definition) is 2. The molecule has 0 aliphatic carbocycles. The average molecular weight is 291 g/mol. The molecule has 1 aliphatic heterocycles. The zero-order chi connectivity index (χ0) is 15.2. The number of benzene rings is 1. The van der Waals surface area contributed by atoms with E-state index in [0.717, 1.165) is 6.54 Å². The number of hydrogen-bond acceptors (Lipinski definition) is 3. The van der Waals surface area contributed by atoms with Crippen LogP contribution in [0.5, 0.6) is 0 Å². The quantitative estimate of drug-likeness (QED) is 0.809. The normalized spacial score (nSPS) is 21.6. The van der Waals surface area contributed by atoms with Crippen molar-refractivity contribution in [1.82, 2.24) is 0 Å². The number of nitrogens with one attached hydrogen (secondary N) is 2. The van der Waals surface area contributed by atoms with Gasteiger partial charge in [0.1, 0.15) is 0 Å². The van der Waals surface area contributed by atoms with E-state index in [4.69, 9.17) is 4.74 Å². The highest BCUT2D eigenvalue weighted by Crippen LogP contribution is 2.15. The number of piperidine rings is 1. The van der Waals surface area contributed by atoms with Gasteiger partial charge in [-0.2, -0.15) is 0 Å². The molecule has 1 fully saturated rings. The number of likely N-dealkylation sites (tertiary alicyclic amines) is 1. The summed E-state index contributed by atoms with van der Waals surface area (Å²) in [4.78, 5) is 25.2. The van der Waals surface area contributed by atoms with Gasteiger partial charge in [-0.05, 0) is 38.3 Å². The minimum atomic E-state index is -0.440. The third-order valence-corrected chi connectivity index (χ3v) is 4.08. The number of rotatable bonds is 4. The molecule has 5 heteroatoms. The summed E-state index contributed by atoms with van der Waals surface area (Å²) in [6.45, 7) is 3.66. The van der Waals surface area contributed by atoms with Crippen LogP contribution in [0.2, 0.25) is 0 Å². The molecule has 0 radical (unpaired) electrons.